The number of nitrogens with zero attached hydrogens (tertiary/aromatic N) is 1. The van der Waals surface area contributed by atoms with Crippen LogP contribution in [0.4, 0.5) is 4.79 Å². The van der Waals surface area contributed by atoms with E-state index in [0.717, 1.165) is 19.3 Å². The summed E-state index contributed by atoms with van der Waals surface area (Å²) in [4.78, 5) is 39.1. The Morgan fingerprint density at radius 3 is 2.72 bits per heavy atom. The van der Waals surface area contributed by atoms with Gasteiger partial charge in [-0.2, -0.15) is 0 Å². The second kappa shape index (κ2) is 8.31. The smallest absolute Gasteiger partial charge is 0.317 e. The Kier molecular flexibility index (Phi) is 6.18. The summed E-state index contributed by atoms with van der Waals surface area (Å²) in [6, 6.07) is -1.75. The van der Waals surface area contributed by atoms with E-state index in [0.29, 0.717) is 19.4 Å². The summed E-state index contributed by atoms with van der Waals surface area (Å²) in [7, 11) is -2.17. The Hall–Kier alpha value is -2.14. The van der Waals surface area contributed by atoms with E-state index in [2.05, 4.69) is 15.4 Å². The fourth-order valence-corrected chi connectivity index (χ4v) is 4.76. The molecule has 2 saturated carbocycles. The van der Waals surface area contributed by atoms with Crippen LogP contribution in [0.25, 0.3) is 0 Å². The lowest BCUT2D eigenvalue weighted by molar-refractivity contribution is -0.130. The van der Waals surface area contributed by atoms with E-state index < -0.39 is 51.3 Å². The van der Waals surface area contributed by atoms with E-state index in [1.807, 2.05) is 12.2 Å². The monoisotopic (exact) mass is 428 g/mol. The predicted molar refractivity (Wildman–Crippen MR) is 104 cm³/mol. The second-order valence-corrected chi connectivity index (χ2v) is 9.94. The summed E-state index contributed by atoms with van der Waals surface area (Å²) in [6.07, 6.45) is 7.37. The van der Waals surface area contributed by atoms with Gasteiger partial charge < -0.3 is 20.6 Å². The summed E-state index contributed by atoms with van der Waals surface area (Å²) < 4.78 is 26.5. The molecule has 29 heavy (non-hydrogen) atoms. The lowest BCUT2D eigenvalue weighted by Crippen LogP contribution is -2.59. The number of carbonyl (C=O) groups excluding carboxylic acids is 3. The first-order chi connectivity index (χ1) is 13.7. The van der Waals surface area contributed by atoms with E-state index in [1.165, 1.54) is 4.90 Å². The first-order valence-electron chi connectivity index (χ1n) is 9.87. The van der Waals surface area contributed by atoms with Crippen molar-refractivity contribution < 1.29 is 27.9 Å². The SMILES string of the molecule is CN1CCCC/C=C\[C@@H]2C[C@@]2(C(=O)NS(=O)(=O)C2CC2)NC(=O)[C@H](CO)NC1=O. The molecule has 2 fully saturated rings. The Morgan fingerprint density at radius 2 is 2.07 bits per heavy atom. The molecule has 3 rings (SSSR count). The number of rotatable bonds is 4. The lowest BCUT2D eigenvalue weighted by atomic mass is 10.1. The van der Waals surface area contributed by atoms with Crippen molar-refractivity contribution in [2.75, 3.05) is 20.2 Å². The van der Waals surface area contributed by atoms with E-state index in [-0.39, 0.29) is 12.3 Å². The molecule has 0 unspecified atom stereocenters. The first kappa shape index (κ1) is 21.6. The summed E-state index contributed by atoms with van der Waals surface area (Å²) >= 11 is 0. The number of urea groups is 1. The molecule has 3 aliphatic rings. The fourth-order valence-electron chi connectivity index (χ4n) is 3.40. The van der Waals surface area contributed by atoms with Crippen molar-refractivity contribution in [3.63, 3.8) is 0 Å². The van der Waals surface area contributed by atoms with Gasteiger partial charge in [-0.25, -0.2) is 13.2 Å². The third-order valence-electron chi connectivity index (χ3n) is 5.59. The number of nitrogens with one attached hydrogen (secondary N) is 3. The van der Waals surface area contributed by atoms with Crippen LogP contribution in [0.2, 0.25) is 0 Å². The van der Waals surface area contributed by atoms with E-state index in [4.69, 9.17) is 0 Å². The van der Waals surface area contributed by atoms with Crippen LogP contribution in [-0.4, -0.2) is 73.3 Å². The molecule has 10 nitrogen and oxygen atoms in total. The fraction of sp³-hybridized carbons (Fsp3) is 0.722. The largest absolute Gasteiger partial charge is 0.394 e. The van der Waals surface area contributed by atoms with Crippen LogP contribution in [0, 0.1) is 5.92 Å². The third-order valence-corrected chi connectivity index (χ3v) is 7.41. The van der Waals surface area contributed by atoms with Crippen molar-refractivity contribution in [3.05, 3.63) is 12.2 Å². The summed E-state index contributed by atoms with van der Waals surface area (Å²) in [5, 5.41) is 14.0. The predicted octanol–water partition coefficient (Wildman–Crippen LogP) is -0.788. The average molecular weight is 429 g/mol. The topological polar surface area (TPSA) is 145 Å². The van der Waals surface area contributed by atoms with Gasteiger partial charge in [-0.05, 0) is 38.5 Å². The van der Waals surface area contributed by atoms with Gasteiger partial charge in [0.1, 0.15) is 11.6 Å². The molecule has 4 N–H and O–H groups in total. The molecule has 4 amide bonds. The Labute approximate surface area is 170 Å². The first-order valence-corrected chi connectivity index (χ1v) is 11.4. The van der Waals surface area contributed by atoms with Crippen molar-refractivity contribution in [2.45, 2.75) is 55.4 Å². The lowest BCUT2D eigenvalue weighted by Gasteiger charge is -2.25. The highest BCUT2D eigenvalue weighted by molar-refractivity contribution is 7.91. The maximum atomic E-state index is 12.8. The van der Waals surface area contributed by atoms with Crippen LogP contribution in [0.5, 0.6) is 0 Å². The standard InChI is InChI=1S/C18H28N4O6S/c1-22-9-5-3-2-4-6-12-10-18(12,16(25)21-29(27,28)13-7-8-13)20-15(24)14(11-23)19-17(22)26/h4,6,12-14,23H,2-3,5,7-11H2,1H3,(H,19,26)(H,20,24)(H,21,25)/b6-4-/t12-,14+,18-/m1/s1. The van der Waals surface area contributed by atoms with Crippen LogP contribution in [-0.2, 0) is 19.6 Å². The average Bonchev–Trinajstić information content (AvgIpc) is 3.56. The molecule has 1 aliphatic heterocycles. The molecule has 0 bridgehead atoms. The molecular formula is C18H28N4O6S. The van der Waals surface area contributed by atoms with Gasteiger partial charge in [-0.1, -0.05) is 12.2 Å². The van der Waals surface area contributed by atoms with Gasteiger partial charge in [-0.3, -0.25) is 14.3 Å². The zero-order chi connectivity index (χ0) is 21.2. The molecule has 2 aliphatic carbocycles. The third kappa shape index (κ3) is 4.89. The Morgan fingerprint density at radius 1 is 1.34 bits per heavy atom. The second-order valence-electron chi connectivity index (χ2n) is 7.98. The van der Waals surface area contributed by atoms with Crippen molar-refractivity contribution >= 4 is 27.9 Å². The molecular weight excluding hydrogens is 400 g/mol. The number of sulfonamides is 1. The van der Waals surface area contributed by atoms with Gasteiger partial charge in [0.05, 0.1) is 11.9 Å². The summed E-state index contributed by atoms with van der Waals surface area (Å²) in [5.41, 5.74) is -1.40. The number of fused-ring (bicyclic) bond motifs is 1. The van der Waals surface area contributed by atoms with Gasteiger partial charge in [0.15, 0.2) is 0 Å². The molecule has 1 heterocycles. The summed E-state index contributed by atoms with van der Waals surface area (Å²) in [6.45, 7) is -0.141. The molecule has 0 aromatic rings. The number of hydrogen-bond donors (Lipinski definition) is 4. The number of hydrogen-bond acceptors (Lipinski definition) is 6. The van der Waals surface area contributed by atoms with Crippen LogP contribution in [0.15, 0.2) is 12.2 Å². The van der Waals surface area contributed by atoms with Crippen molar-refractivity contribution in [1.82, 2.24) is 20.3 Å². The zero-order valence-corrected chi connectivity index (χ0v) is 17.2. The number of carbonyl (C=O) groups is 3. The van der Waals surface area contributed by atoms with Crippen LogP contribution in [0.3, 0.4) is 0 Å². The van der Waals surface area contributed by atoms with Gasteiger partial charge in [0, 0.05) is 19.5 Å². The van der Waals surface area contributed by atoms with Crippen LogP contribution >= 0.6 is 0 Å². The zero-order valence-electron chi connectivity index (χ0n) is 16.4. The number of amides is 4. The molecule has 0 aromatic heterocycles. The van der Waals surface area contributed by atoms with Crippen LogP contribution < -0.4 is 15.4 Å². The van der Waals surface area contributed by atoms with Crippen LogP contribution in [0.1, 0.15) is 38.5 Å². The Balaban J connectivity index is 1.80. The number of aliphatic hydroxyl groups excluding tert-OH is 1. The minimum absolute atomic E-state index is 0.257. The highest BCUT2D eigenvalue weighted by atomic mass is 32.2. The minimum Gasteiger partial charge on any atom is -0.394 e. The van der Waals surface area contributed by atoms with E-state index >= 15 is 0 Å². The van der Waals surface area contributed by atoms with Gasteiger partial charge in [-0.15, -0.1) is 0 Å². The highest BCUT2D eigenvalue weighted by Crippen LogP contribution is 2.45. The highest BCUT2D eigenvalue weighted by Gasteiger charge is 2.61. The molecule has 0 saturated heterocycles. The Bertz CT molecular complexity index is 809. The number of aliphatic hydroxyl groups is 1. The molecule has 11 heteroatoms. The van der Waals surface area contributed by atoms with Crippen molar-refractivity contribution in [3.8, 4) is 0 Å². The molecule has 0 spiro atoms. The van der Waals surface area contributed by atoms with Crippen molar-refractivity contribution in [1.29, 1.82) is 0 Å². The molecule has 0 aromatic carbocycles. The number of allylic oxidation sites excluding steroid dienone is 1. The van der Waals surface area contributed by atoms with Gasteiger partial charge >= 0.3 is 6.03 Å². The maximum absolute atomic E-state index is 12.8. The van der Waals surface area contributed by atoms with E-state index in [9.17, 15) is 27.9 Å². The molecule has 0 radical (unpaired) electrons. The normalized spacial score (nSPS) is 32.3. The maximum Gasteiger partial charge on any atom is 0.317 e. The van der Waals surface area contributed by atoms with Gasteiger partial charge in [0.2, 0.25) is 15.9 Å². The summed E-state index contributed by atoms with van der Waals surface area (Å²) in [5.74, 6) is -1.86. The molecule has 162 valence electrons. The minimum atomic E-state index is -3.76. The van der Waals surface area contributed by atoms with Crippen molar-refractivity contribution in [2.24, 2.45) is 5.92 Å². The molecule has 3 atom stereocenters. The quantitative estimate of drug-likeness (QED) is 0.432. The van der Waals surface area contributed by atoms with E-state index in [1.54, 1.807) is 7.05 Å². The van der Waals surface area contributed by atoms with Gasteiger partial charge in [0.25, 0.3) is 5.91 Å².